The average molecular weight is 473 g/mol. The van der Waals surface area contributed by atoms with Crippen molar-refractivity contribution >= 4 is 12.2 Å². The fourth-order valence-electron chi connectivity index (χ4n) is 5.79. The number of amides is 2. The van der Waals surface area contributed by atoms with E-state index in [9.17, 15) is 9.59 Å². The number of rotatable bonds is 0. The molecule has 0 N–H and O–H groups in total. The van der Waals surface area contributed by atoms with Crippen LogP contribution in [0, 0.1) is 34.5 Å². The normalized spacial score (nSPS) is 32.1. The van der Waals surface area contributed by atoms with Crippen molar-refractivity contribution in [2.45, 2.75) is 128 Å². The van der Waals surface area contributed by atoms with Gasteiger partial charge in [0.25, 0.3) is 0 Å². The summed E-state index contributed by atoms with van der Waals surface area (Å²) in [4.78, 5) is 27.9. The van der Waals surface area contributed by atoms with Crippen LogP contribution in [0.1, 0.15) is 92.9 Å². The molecule has 4 heterocycles. The summed E-state index contributed by atoms with van der Waals surface area (Å²) in [5.41, 5.74) is -0.884. The third-order valence-corrected chi connectivity index (χ3v) is 7.04. The molecule has 4 aliphatic rings. The fourth-order valence-corrected chi connectivity index (χ4v) is 5.79. The van der Waals surface area contributed by atoms with Gasteiger partial charge in [-0.2, -0.15) is 10.5 Å². The lowest BCUT2D eigenvalue weighted by molar-refractivity contribution is 0.00371. The maximum absolute atomic E-state index is 12.1. The highest BCUT2D eigenvalue weighted by Gasteiger charge is 2.46. The Morgan fingerprint density at radius 1 is 0.647 bits per heavy atom. The third kappa shape index (κ3) is 6.34. The first-order chi connectivity index (χ1) is 15.8. The Balaban J connectivity index is 0.000000191. The van der Waals surface area contributed by atoms with Crippen molar-refractivity contribution in [3.63, 3.8) is 0 Å². The van der Waals surface area contributed by atoms with Crippen molar-refractivity contribution in [3.8, 4) is 12.1 Å². The first-order valence-corrected chi connectivity index (χ1v) is 12.6. The lowest BCUT2D eigenvalue weighted by Gasteiger charge is -2.37. The number of hydrogen-bond acceptors (Lipinski definition) is 6. The molecule has 8 heteroatoms. The monoisotopic (exact) mass is 472 g/mol. The summed E-state index contributed by atoms with van der Waals surface area (Å²) < 4.78 is 10.9. The van der Waals surface area contributed by atoms with Gasteiger partial charge in [-0.05, 0) is 92.9 Å². The minimum atomic E-state index is -0.442. The lowest BCUT2D eigenvalue weighted by Crippen LogP contribution is -2.48. The van der Waals surface area contributed by atoms with E-state index in [-0.39, 0.29) is 48.2 Å². The maximum atomic E-state index is 12.1. The van der Waals surface area contributed by atoms with E-state index >= 15 is 0 Å². The lowest BCUT2D eigenvalue weighted by atomic mass is 9.92. The summed E-state index contributed by atoms with van der Waals surface area (Å²) in [5, 5.41) is 18.0. The summed E-state index contributed by atoms with van der Waals surface area (Å²) in [6, 6.07) is 5.53. The zero-order valence-corrected chi connectivity index (χ0v) is 21.5. The second-order valence-electron chi connectivity index (χ2n) is 12.1. The van der Waals surface area contributed by atoms with Crippen LogP contribution in [0.2, 0.25) is 0 Å². The van der Waals surface area contributed by atoms with Gasteiger partial charge in [-0.15, -0.1) is 0 Å². The number of nitriles is 2. The van der Waals surface area contributed by atoms with Gasteiger partial charge < -0.3 is 19.3 Å². The minimum Gasteiger partial charge on any atom is -0.444 e. The van der Waals surface area contributed by atoms with E-state index in [1.165, 1.54) is 0 Å². The van der Waals surface area contributed by atoms with E-state index in [1.54, 1.807) is 0 Å². The molecular weight excluding hydrogens is 432 g/mol. The van der Waals surface area contributed by atoms with Gasteiger partial charge in [0, 0.05) is 24.2 Å². The number of hydrogen-bond donors (Lipinski definition) is 0. The van der Waals surface area contributed by atoms with Gasteiger partial charge in [-0.1, -0.05) is 0 Å². The molecule has 0 aromatic carbocycles. The van der Waals surface area contributed by atoms with Gasteiger partial charge in [0.15, 0.2) is 0 Å². The van der Waals surface area contributed by atoms with Gasteiger partial charge in [0.05, 0.1) is 24.0 Å². The molecule has 34 heavy (non-hydrogen) atoms. The summed E-state index contributed by atoms with van der Waals surface area (Å²) in [6.07, 6.45) is 6.90. The Morgan fingerprint density at radius 3 is 1.12 bits per heavy atom. The van der Waals surface area contributed by atoms with Crippen LogP contribution in [-0.2, 0) is 9.47 Å². The molecule has 4 fully saturated rings. The Kier molecular flexibility index (Phi) is 7.70. The van der Waals surface area contributed by atoms with Crippen LogP contribution in [0.15, 0.2) is 0 Å². The molecular formula is C26H40N4O4. The van der Waals surface area contributed by atoms with Gasteiger partial charge >= 0.3 is 12.2 Å². The Labute approximate surface area is 204 Å². The van der Waals surface area contributed by atoms with E-state index in [2.05, 4.69) is 12.1 Å². The number of nitrogens with zero attached hydrogens (tertiary/aromatic N) is 4. The second kappa shape index (κ2) is 10.0. The second-order valence-corrected chi connectivity index (χ2v) is 12.1. The van der Waals surface area contributed by atoms with Gasteiger partial charge in [-0.25, -0.2) is 9.59 Å². The smallest absolute Gasteiger partial charge is 0.410 e. The van der Waals surface area contributed by atoms with Crippen molar-refractivity contribution in [1.82, 2.24) is 9.80 Å². The molecule has 4 bridgehead atoms. The van der Waals surface area contributed by atoms with Crippen molar-refractivity contribution in [3.05, 3.63) is 0 Å². The number of ether oxygens (including phenoxy) is 2. The van der Waals surface area contributed by atoms with Crippen LogP contribution < -0.4 is 0 Å². The number of carbonyl (C=O) groups is 2. The fraction of sp³-hybridized carbons (Fsp3) is 0.846. The highest BCUT2D eigenvalue weighted by Crippen LogP contribution is 2.40. The SMILES string of the molecule is CC(C)(C)OC(=O)N1[C@@H]2CC[C@H]1CC(C#N)C2.CC(C)(C)OC(=O)N1[C@@H]2CC[C@H]1CC(C#N)C2. The zero-order chi connectivity index (χ0) is 25.3. The number of piperidine rings is 2. The van der Waals surface area contributed by atoms with Crippen LogP contribution in [0.3, 0.4) is 0 Å². The molecule has 8 nitrogen and oxygen atoms in total. The summed E-state index contributed by atoms with van der Waals surface area (Å²) >= 11 is 0. The maximum Gasteiger partial charge on any atom is 0.410 e. The number of carbonyl (C=O) groups excluding carboxylic acids is 2. The molecule has 0 saturated carbocycles. The third-order valence-electron chi connectivity index (χ3n) is 7.04. The van der Waals surface area contributed by atoms with Crippen molar-refractivity contribution in [2.75, 3.05) is 0 Å². The Morgan fingerprint density at radius 2 is 0.912 bits per heavy atom. The predicted molar refractivity (Wildman–Crippen MR) is 126 cm³/mol. The van der Waals surface area contributed by atoms with Gasteiger partial charge in [0.1, 0.15) is 11.2 Å². The molecule has 0 radical (unpaired) electrons. The van der Waals surface area contributed by atoms with Crippen LogP contribution in [0.4, 0.5) is 9.59 Å². The van der Waals surface area contributed by atoms with Crippen LogP contribution >= 0.6 is 0 Å². The Hall–Kier alpha value is -2.48. The Bertz CT molecular complexity index is 749. The van der Waals surface area contributed by atoms with E-state index in [4.69, 9.17) is 20.0 Å². The molecule has 0 aliphatic carbocycles. The highest BCUT2D eigenvalue weighted by molar-refractivity contribution is 5.70. The van der Waals surface area contributed by atoms with E-state index in [0.717, 1.165) is 51.4 Å². The molecule has 0 aromatic rings. The molecule has 4 aliphatic heterocycles. The van der Waals surface area contributed by atoms with Crippen molar-refractivity contribution in [2.24, 2.45) is 11.8 Å². The van der Waals surface area contributed by atoms with Crippen LogP contribution in [0.5, 0.6) is 0 Å². The molecule has 0 spiro atoms. The van der Waals surface area contributed by atoms with E-state index in [1.807, 2.05) is 51.3 Å². The van der Waals surface area contributed by atoms with Crippen molar-refractivity contribution < 1.29 is 19.1 Å². The first-order valence-electron chi connectivity index (χ1n) is 12.6. The standard InChI is InChI=1S/2C13H20N2O2/c2*1-13(2,3)17-12(16)15-10-4-5-11(15)7-9(6-10)8-14/h2*9-11H,4-7H2,1-3H3/t2*9?,10-,11+. The quantitative estimate of drug-likeness (QED) is 0.469. The molecule has 0 aromatic heterocycles. The zero-order valence-electron chi connectivity index (χ0n) is 21.5. The average Bonchev–Trinajstić information content (AvgIpc) is 3.15. The molecule has 4 rings (SSSR count). The summed E-state index contributed by atoms with van der Waals surface area (Å²) in [5.74, 6) is 0.234. The molecule has 188 valence electrons. The highest BCUT2D eigenvalue weighted by atomic mass is 16.6. The van der Waals surface area contributed by atoms with E-state index in [0.29, 0.717) is 0 Å². The summed E-state index contributed by atoms with van der Waals surface area (Å²) in [6.45, 7) is 11.3. The molecule has 4 saturated heterocycles. The van der Waals surface area contributed by atoms with Crippen LogP contribution in [0.25, 0.3) is 0 Å². The first kappa shape index (κ1) is 26.1. The largest absolute Gasteiger partial charge is 0.444 e. The summed E-state index contributed by atoms with van der Waals surface area (Å²) in [7, 11) is 0. The van der Waals surface area contributed by atoms with Crippen LogP contribution in [-0.4, -0.2) is 57.4 Å². The van der Waals surface area contributed by atoms with Gasteiger partial charge in [-0.3, -0.25) is 0 Å². The van der Waals surface area contributed by atoms with E-state index < -0.39 is 11.2 Å². The minimum absolute atomic E-state index is 0.117. The molecule has 2 amide bonds. The molecule has 6 atom stereocenters. The van der Waals surface area contributed by atoms with Gasteiger partial charge in [0.2, 0.25) is 0 Å². The molecule has 2 unspecified atom stereocenters. The van der Waals surface area contributed by atoms with Crippen molar-refractivity contribution in [1.29, 1.82) is 10.5 Å². The predicted octanol–water partition coefficient (Wildman–Crippen LogP) is 5.38. The topological polar surface area (TPSA) is 107 Å². The number of fused-ring (bicyclic) bond motifs is 4.